The van der Waals surface area contributed by atoms with E-state index in [-0.39, 0.29) is 29.9 Å². The number of likely N-dealkylation sites (tertiary alicyclic amines) is 1. The van der Waals surface area contributed by atoms with Gasteiger partial charge in [-0.2, -0.15) is 0 Å². The highest BCUT2D eigenvalue weighted by Crippen LogP contribution is 2.28. The van der Waals surface area contributed by atoms with Crippen LogP contribution < -0.4 is 4.74 Å². The number of hydrogen-bond acceptors (Lipinski definition) is 5. The van der Waals surface area contributed by atoms with Crippen LogP contribution in [-0.2, 0) is 0 Å². The third-order valence-corrected chi connectivity index (χ3v) is 5.79. The lowest BCUT2D eigenvalue weighted by Gasteiger charge is -2.26. The topological polar surface area (TPSA) is 56.2 Å². The number of hydrogen-bond donors (Lipinski definition) is 1. The zero-order valence-corrected chi connectivity index (χ0v) is 16.2. The van der Waals surface area contributed by atoms with Crippen molar-refractivity contribution in [2.75, 3.05) is 66.6 Å². The van der Waals surface area contributed by atoms with Gasteiger partial charge in [-0.05, 0) is 50.7 Å². The van der Waals surface area contributed by atoms with Gasteiger partial charge in [0, 0.05) is 45.2 Å². The fourth-order valence-electron chi connectivity index (χ4n) is 4.15. The second-order valence-corrected chi connectivity index (χ2v) is 7.71. The molecular formula is C20H30FN3O3. The van der Waals surface area contributed by atoms with Crippen molar-refractivity contribution in [1.29, 1.82) is 0 Å². The lowest BCUT2D eigenvalue weighted by atomic mass is 9.96. The van der Waals surface area contributed by atoms with Crippen molar-refractivity contribution in [3.05, 3.63) is 29.6 Å². The second-order valence-electron chi connectivity index (χ2n) is 7.71. The number of aliphatic hydroxyl groups excluding tert-OH is 1. The first-order chi connectivity index (χ1) is 13.0. The van der Waals surface area contributed by atoms with Crippen LogP contribution in [0.3, 0.4) is 0 Å². The molecular weight excluding hydrogens is 349 g/mol. The largest absolute Gasteiger partial charge is 0.496 e. The monoisotopic (exact) mass is 379 g/mol. The highest BCUT2D eigenvalue weighted by Gasteiger charge is 2.37. The van der Waals surface area contributed by atoms with Gasteiger partial charge < -0.3 is 24.5 Å². The quantitative estimate of drug-likeness (QED) is 0.832. The maximum absolute atomic E-state index is 13.7. The van der Waals surface area contributed by atoms with Crippen LogP contribution in [0.5, 0.6) is 5.75 Å². The van der Waals surface area contributed by atoms with E-state index in [9.17, 15) is 14.3 Å². The van der Waals surface area contributed by atoms with Crippen molar-refractivity contribution in [3.63, 3.8) is 0 Å². The summed E-state index contributed by atoms with van der Waals surface area (Å²) in [6.45, 7) is 6.21. The lowest BCUT2D eigenvalue weighted by Crippen LogP contribution is -2.36. The first kappa shape index (κ1) is 20.0. The summed E-state index contributed by atoms with van der Waals surface area (Å²) in [7, 11) is 3.62. The molecule has 2 saturated heterocycles. The van der Waals surface area contributed by atoms with Crippen molar-refractivity contribution < 1.29 is 19.0 Å². The summed E-state index contributed by atoms with van der Waals surface area (Å²) in [5, 5.41) is 9.83. The molecule has 0 spiro atoms. The van der Waals surface area contributed by atoms with Crippen molar-refractivity contribution in [3.8, 4) is 5.75 Å². The van der Waals surface area contributed by atoms with E-state index in [0.29, 0.717) is 18.8 Å². The minimum atomic E-state index is -0.456. The van der Waals surface area contributed by atoms with Crippen LogP contribution in [0.2, 0.25) is 0 Å². The Hall–Kier alpha value is -1.70. The van der Waals surface area contributed by atoms with Gasteiger partial charge in [0.15, 0.2) is 0 Å². The summed E-state index contributed by atoms with van der Waals surface area (Å²) in [5.41, 5.74) is 0.242. The Bertz CT molecular complexity index is 657. The average Bonchev–Trinajstić information content (AvgIpc) is 2.96. The lowest BCUT2D eigenvalue weighted by molar-refractivity contribution is 0.0775. The molecule has 1 N–H and O–H groups in total. The van der Waals surface area contributed by atoms with Gasteiger partial charge in [0.1, 0.15) is 11.6 Å². The zero-order valence-electron chi connectivity index (χ0n) is 16.2. The summed E-state index contributed by atoms with van der Waals surface area (Å²) >= 11 is 0. The molecule has 1 amide bonds. The van der Waals surface area contributed by atoms with E-state index < -0.39 is 5.82 Å². The van der Waals surface area contributed by atoms with Gasteiger partial charge in [0.2, 0.25) is 0 Å². The number of nitrogens with zero attached hydrogens (tertiary/aromatic N) is 3. The Labute approximate surface area is 160 Å². The molecule has 27 heavy (non-hydrogen) atoms. The highest BCUT2D eigenvalue weighted by molar-refractivity contribution is 5.97. The first-order valence-electron chi connectivity index (χ1n) is 9.66. The molecule has 2 aliphatic rings. The van der Waals surface area contributed by atoms with E-state index >= 15 is 0 Å². The average molecular weight is 379 g/mol. The van der Waals surface area contributed by atoms with Crippen molar-refractivity contribution >= 4 is 5.91 Å². The molecule has 0 unspecified atom stereocenters. The van der Waals surface area contributed by atoms with Crippen LogP contribution in [0.4, 0.5) is 4.39 Å². The number of amides is 1. The van der Waals surface area contributed by atoms with Crippen LogP contribution in [-0.4, -0.2) is 92.3 Å². The van der Waals surface area contributed by atoms with E-state index in [1.165, 1.54) is 25.3 Å². The maximum atomic E-state index is 13.7. The number of benzene rings is 1. The molecule has 2 heterocycles. The normalized spacial score (nSPS) is 24.8. The second kappa shape index (κ2) is 8.99. The van der Waals surface area contributed by atoms with Gasteiger partial charge in [-0.15, -0.1) is 0 Å². The molecule has 2 atom stereocenters. The predicted molar refractivity (Wildman–Crippen MR) is 101 cm³/mol. The molecule has 150 valence electrons. The van der Waals surface area contributed by atoms with Crippen molar-refractivity contribution in [2.24, 2.45) is 11.8 Å². The number of carbonyl (C=O) groups excluding carboxylic acids is 1. The van der Waals surface area contributed by atoms with Crippen LogP contribution in [0.1, 0.15) is 16.8 Å². The highest BCUT2D eigenvalue weighted by atomic mass is 19.1. The summed E-state index contributed by atoms with van der Waals surface area (Å²) in [5.74, 6) is -0.0393. The molecule has 0 aromatic heterocycles. The van der Waals surface area contributed by atoms with Gasteiger partial charge in [0.25, 0.3) is 5.91 Å². The number of halogens is 1. The van der Waals surface area contributed by atoms with E-state index in [2.05, 4.69) is 16.8 Å². The minimum Gasteiger partial charge on any atom is -0.496 e. The maximum Gasteiger partial charge on any atom is 0.257 e. The molecule has 0 bridgehead atoms. The van der Waals surface area contributed by atoms with Crippen molar-refractivity contribution in [2.45, 2.75) is 6.42 Å². The van der Waals surface area contributed by atoms with Gasteiger partial charge in [0.05, 0.1) is 12.7 Å². The Balaban J connectivity index is 1.68. The first-order valence-corrected chi connectivity index (χ1v) is 9.66. The number of aliphatic hydroxyl groups is 1. The van der Waals surface area contributed by atoms with Crippen LogP contribution in [0.15, 0.2) is 18.2 Å². The number of ether oxygens (including phenoxy) is 1. The van der Waals surface area contributed by atoms with E-state index in [1.54, 1.807) is 4.90 Å². The predicted octanol–water partition coefficient (Wildman–Crippen LogP) is 1.15. The van der Waals surface area contributed by atoms with E-state index in [0.717, 1.165) is 39.1 Å². The summed E-state index contributed by atoms with van der Waals surface area (Å²) in [6, 6.07) is 4.00. The number of methoxy groups -OCH3 is 1. The molecule has 0 saturated carbocycles. The fraction of sp³-hybridized carbons (Fsp3) is 0.650. The Morgan fingerprint density at radius 2 is 2.00 bits per heavy atom. The third-order valence-electron chi connectivity index (χ3n) is 5.79. The molecule has 2 fully saturated rings. The molecule has 0 radical (unpaired) electrons. The zero-order chi connectivity index (χ0) is 19.4. The van der Waals surface area contributed by atoms with E-state index in [1.807, 2.05) is 0 Å². The molecule has 0 aliphatic carbocycles. The Morgan fingerprint density at radius 1 is 1.22 bits per heavy atom. The molecule has 3 rings (SSSR count). The summed E-state index contributed by atoms with van der Waals surface area (Å²) in [4.78, 5) is 19.5. The molecule has 6 nitrogen and oxygen atoms in total. The molecule has 1 aromatic carbocycles. The molecule has 1 aromatic rings. The number of likely N-dealkylation sites (N-methyl/N-ethyl adjacent to an activating group) is 1. The van der Waals surface area contributed by atoms with Crippen molar-refractivity contribution in [1.82, 2.24) is 14.7 Å². The van der Waals surface area contributed by atoms with Crippen LogP contribution in [0.25, 0.3) is 0 Å². The third kappa shape index (κ3) is 4.78. The standard InChI is InChI=1S/C20H30FN3O3/c1-22-6-3-7-23(9-8-22)11-15-12-24(13-16(15)14-25)20(26)18-10-17(21)4-5-19(18)27-2/h4-5,10,15-16,25H,3,6-9,11-14H2,1-2H3/t15-,16-/m1/s1. The molecule has 2 aliphatic heterocycles. The minimum absolute atomic E-state index is 0.0505. The smallest absolute Gasteiger partial charge is 0.257 e. The van der Waals surface area contributed by atoms with Gasteiger partial charge in [-0.25, -0.2) is 4.39 Å². The summed E-state index contributed by atoms with van der Waals surface area (Å²) < 4.78 is 18.9. The van der Waals surface area contributed by atoms with E-state index in [4.69, 9.17) is 4.74 Å². The van der Waals surface area contributed by atoms with Gasteiger partial charge in [-0.1, -0.05) is 0 Å². The number of rotatable bonds is 5. The SMILES string of the molecule is COc1ccc(F)cc1C(=O)N1C[C@@H](CN2CCCN(C)CC2)[C@@H](CO)C1. The number of carbonyl (C=O) groups is 1. The van der Waals surface area contributed by atoms with Crippen LogP contribution >= 0.6 is 0 Å². The van der Waals surface area contributed by atoms with Gasteiger partial charge in [-0.3, -0.25) is 4.79 Å². The van der Waals surface area contributed by atoms with Gasteiger partial charge >= 0.3 is 0 Å². The Kier molecular flexibility index (Phi) is 6.68. The Morgan fingerprint density at radius 3 is 2.74 bits per heavy atom. The van der Waals surface area contributed by atoms with Crippen LogP contribution in [0, 0.1) is 17.7 Å². The fourth-order valence-corrected chi connectivity index (χ4v) is 4.15. The summed E-state index contributed by atoms with van der Waals surface area (Å²) in [6.07, 6.45) is 1.14. The molecule has 7 heteroatoms.